The molecule has 0 radical (unpaired) electrons. The summed E-state index contributed by atoms with van der Waals surface area (Å²) in [6, 6.07) is 7.57. The van der Waals surface area contributed by atoms with Crippen LogP contribution in [0.4, 0.5) is 0 Å². The maximum atomic E-state index is 12.3. The van der Waals surface area contributed by atoms with E-state index in [0.29, 0.717) is 5.92 Å². The molecule has 2 rings (SSSR count). The molecule has 6 heteroatoms. The van der Waals surface area contributed by atoms with E-state index >= 15 is 0 Å². The zero-order valence-electron chi connectivity index (χ0n) is 15.6. The highest BCUT2D eigenvalue weighted by atomic mass is 16.2. The Kier molecular flexibility index (Phi) is 5.82. The predicted octanol–water partition coefficient (Wildman–Crippen LogP) is 2.93. The molecular formula is C19H28N4O2. The first kappa shape index (κ1) is 19.0. The molecule has 3 N–H and O–H groups in total. The standard InChI is InChI=1S/C19H28N4O2/c1-12(2)10-15(17-22-13-8-6-7-9-14(13)23-17)21-16(24)11-20-18(25)19(3,4)5/h6-9,12,15H,10-11H2,1-5H3,(H,20,25)(H,21,24)(H,22,23)/t15-/m0/s1. The third-order valence-electron chi connectivity index (χ3n) is 3.87. The number of imidazole rings is 1. The lowest BCUT2D eigenvalue weighted by Gasteiger charge is -2.20. The summed E-state index contributed by atoms with van der Waals surface area (Å²) in [5, 5.41) is 5.66. The van der Waals surface area contributed by atoms with Gasteiger partial charge in [-0.15, -0.1) is 0 Å². The smallest absolute Gasteiger partial charge is 0.239 e. The van der Waals surface area contributed by atoms with E-state index in [4.69, 9.17) is 0 Å². The summed E-state index contributed by atoms with van der Waals surface area (Å²) in [4.78, 5) is 32.1. The number of carbonyl (C=O) groups excluding carboxylic acids is 2. The van der Waals surface area contributed by atoms with Crippen LogP contribution < -0.4 is 10.6 Å². The second-order valence-electron chi connectivity index (χ2n) is 7.82. The van der Waals surface area contributed by atoms with Crippen LogP contribution in [0.2, 0.25) is 0 Å². The Morgan fingerprint density at radius 2 is 1.88 bits per heavy atom. The van der Waals surface area contributed by atoms with Gasteiger partial charge in [0.05, 0.1) is 23.6 Å². The molecule has 2 aromatic rings. The minimum atomic E-state index is -0.518. The third kappa shape index (κ3) is 5.31. The van der Waals surface area contributed by atoms with Crippen LogP contribution in [0.3, 0.4) is 0 Å². The van der Waals surface area contributed by atoms with Gasteiger partial charge in [-0.2, -0.15) is 0 Å². The predicted molar refractivity (Wildman–Crippen MR) is 98.9 cm³/mol. The van der Waals surface area contributed by atoms with Gasteiger partial charge >= 0.3 is 0 Å². The van der Waals surface area contributed by atoms with Crippen LogP contribution in [0.15, 0.2) is 24.3 Å². The fourth-order valence-electron chi connectivity index (χ4n) is 2.52. The Bertz CT molecular complexity index is 710. The number of aromatic amines is 1. The van der Waals surface area contributed by atoms with Gasteiger partial charge < -0.3 is 15.6 Å². The number of amides is 2. The normalized spacial score (nSPS) is 13.0. The Morgan fingerprint density at radius 3 is 2.48 bits per heavy atom. The minimum absolute atomic E-state index is 0.0368. The van der Waals surface area contributed by atoms with E-state index in [9.17, 15) is 9.59 Å². The lowest BCUT2D eigenvalue weighted by atomic mass is 9.96. The number of para-hydroxylation sites is 2. The van der Waals surface area contributed by atoms with Crippen molar-refractivity contribution in [2.75, 3.05) is 6.54 Å². The average molecular weight is 344 g/mol. The average Bonchev–Trinajstić information content (AvgIpc) is 2.94. The molecule has 1 aromatic heterocycles. The number of hydrogen-bond donors (Lipinski definition) is 3. The molecule has 0 aliphatic heterocycles. The van der Waals surface area contributed by atoms with Crippen molar-refractivity contribution in [2.24, 2.45) is 11.3 Å². The van der Waals surface area contributed by atoms with Crippen molar-refractivity contribution in [1.29, 1.82) is 0 Å². The third-order valence-corrected chi connectivity index (χ3v) is 3.87. The van der Waals surface area contributed by atoms with Gasteiger partial charge in [-0.3, -0.25) is 9.59 Å². The van der Waals surface area contributed by atoms with Crippen molar-refractivity contribution in [3.05, 3.63) is 30.1 Å². The van der Waals surface area contributed by atoms with E-state index in [-0.39, 0.29) is 24.4 Å². The zero-order valence-corrected chi connectivity index (χ0v) is 15.6. The topological polar surface area (TPSA) is 86.9 Å². The number of aromatic nitrogens is 2. The molecular weight excluding hydrogens is 316 g/mol. The number of fused-ring (bicyclic) bond motifs is 1. The fraction of sp³-hybridized carbons (Fsp3) is 0.526. The minimum Gasteiger partial charge on any atom is -0.347 e. The molecule has 0 saturated carbocycles. The summed E-state index contributed by atoms with van der Waals surface area (Å²) in [7, 11) is 0. The van der Waals surface area contributed by atoms with Crippen molar-refractivity contribution >= 4 is 22.8 Å². The highest BCUT2D eigenvalue weighted by Crippen LogP contribution is 2.21. The van der Waals surface area contributed by atoms with E-state index in [1.54, 1.807) is 0 Å². The molecule has 0 aliphatic carbocycles. The highest BCUT2D eigenvalue weighted by molar-refractivity contribution is 5.87. The van der Waals surface area contributed by atoms with Crippen LogP contribution in [0.1, 0.15) is 52.9 Å². The molecule has 0 unspecified atom stereocenters. The Morgan fingerprint density at radius 1 is 1.20 bits per heavy atom. The fourth-order valence-corrected chi connectivity index (χ4v) is 2.52. The van der Waals surface area contributed by atoms with Crippen LogP contribution >= 0.6 is 0 Å². The number of nitrogens with one attached hydrogen (secondary N) is 3. The highest BCUT2D eigenvalue weighted by Gasteiger charge is 2.23. The van der Waals surface area contributed by atoms with Gasteiger partial charge in [0.25, 0.3) is 0 Å². The number of rotatable bonds is 6. The van der Waals surface area contributed by atoms with Gasteiger partial charge in [0.15, 0.2) is 0 Å². The van der Waals surface area contributed by atoms with E-state index in [0.717, 1.165) is 23.3 Å². The quantitative estimate of drug-likeness (QED) is 0.753. The first-order valence-electron chi connectivity index (χ1n) is 8.69. The molecule has 1 atom stereocenters. The molecule has 1 heterocycles. The van der Waals surface area contributed by atoms with E-state index in [1.165, 1.54) is 0 Å². The lowest BCUT2D eigenvalue weighted by Crippen LogP contribution is -2.43. The van der Waals surface area contributed by atoms with Crippen LogP contribution in [0.5, 0.6) is 0 Å². The summed E-state index contributed by atoms with van der Waals surface area (Å²) in [5.41, 5.74) is 1.30. The maximum absolute atomic E-state index is 12.3. The molecule has 0 aliphatic rings. The van der Waals surface area contributed by atoms with Gasteiger partial charge in [0, 0.05) is 5.41 Å². The van der Waals surface area contributed by atoms with Crippen molar-refractivity contribution in [3.8, 4) is 0 Å². The van der Waals surface area contributed by atoms with E-state index in [1.807, 2.05) is 45.0 Å². The number of H-pyrrole nitrogens is 1. The van der Waals surface area contributed by atoms with Crippen LogP contribution in [-0.2, 0) is 9.59 Å². The van der Waals surface area contributed by atoms with Gasteiger partial charge in [-0.25, -0.2) is 4.98 Å². The van der Waals surface area contributed by atoms with Crippen LogP contribution in [-0.4, -0.2) is 28.3 Å². The zero-order chi connectivity index (χ0) is 18.6. The number of hydrogen-bond acceptors (Lipinski definition) is 3. The second kappa shape index (κ2) is 7.68. The second-order valence-corrected chi connectivity index (χ2v) is 7.82. The van der Waals surface area contributed by atoms with Crippen LogP contribution in [0, 0.1) is 11.3 Å². The summed E-state index contributed by atoms with van der Waals surface area (Å²) in [5.74, 6) is 0.767. The SMILES string of the molecule is CC(C)C[C@H](NC(=O)CNC(=O)C(C)(C)C)c1nc2ccccc2[nH]1. The molecule has 0 bridgehead atoms. The molecule has 2 amide bonds. The number of benzene rings is 1. The molecule has 0 fully saturated rings. The number of nitrogens with zero attached hydrogens (tertiary/aromatic N) is 1. The Labute approximate surface area is 148 Å². The Hall–Kier alpha value is -2.37. The lowest BCUT2D eigenvalue weighted by molar-refractivity contribution is -0.131. The van der Waals surface area contributed by atoms with E-state index < -0.39 is 5.41 Å². The van der Waals surface area contributed by atoms with Gasteiger partial charge in [-0.05, 0) is 24.5 Å². The molecule has 1 aromatic carbocycles. The molecule has 136 valence electrons. The van der Waals surface area contributed by atoms with Crippen LogP contribution in [0.25, 0.3) is 11.0 Å². The first-order valence-corrected chi connectivity index (χ1v) is 8.69. The molecule has 0 spiro atoms. The van der Waals surface area contributed by atoms with Crippen molar-refractivity contribution in [3.63, 3.8) is 0 Å². The molecule has 0 saturated heterocycles. The molecule has 6 nitrogen and oxygen atoms in total. The first-order chi connectivity index (χ1) is 11.7. The summed E-state index contributed by atoms with van der Waals surface area (Å²) < 4.78 is 0. The van der Waals surface area contributed by atoms with Crippen molar-refractivity contribution in [1.82, 2.24) is 20.6 Å². The van der Waals surface area contributed by atoms with Gasteiger partial charge in [-0.1, -0.05) is 46.8 Å². The van der Waals surface area contributed by atoms with E-state index in [2.05, 4.69) is 34.4 Å². The monoisotopic (exact) mass is 344 g/mol. The maximum Gasteiger partial charge on any atom is 0.239 e. The summed E-state index contributed by atoms with van der Waals surface area (Å²) in [6.45, 7) is 9.61. The number of carbonyl (C=O) groups is 2. The Balaban J connectivity index is 2.07. The van der Waals surface area contributed by atoms with Gasteiger partial charge in [0.1, 0.15) is 5.82 Å². The summed E-state index contributed by atoms with van der Waals surface area (Å²) in [6.07, 6.45) is 0.763. The summed E-state index contributed by atoms with van der Waals surface area (Å²) >= 11 is 0. The largest absolute Gasteiger partial charge is 0.347 e. The van der Waals surface area contributed by atoms with Crippen molar-refractivity contribution < 1.29 is 9.59 Å². The van der Waals surface area contributed by atoms with Crippen molar-refractivity contribution in [2.45, 2.75) is 47.1 Å². The molecule has 25 heavy (non-hydrogen) atoms. The van der Waals surface area contributed by atoms with Gasteiger partial charge in [0.2, 0.25) is 11.8 Å².